The third-order valence-electron chi connectivity index (χ3n) is 2.67. The van der Waals surface area contributed by atoms with E-state index in [1.165, 1.54) is 6.08 Å². The van der Waals surface area contributed by atoms with Crippen molar-refractivity contribution in [1.29, 1.82) is 0 Å². The van der Waals surface area contributed by atoms with Gasteiger partial charge in [-0.3, -0.25) is 0 Å². The molecule has 108 valence electrons. The topological polar surface area (TPSA) is 55.8 Å². The Kier molecular flexibility index (Phi) is 5.39. The van der Waals surface area contributed by atoms with E-state index in [2.05, 4.69) is 0 Å². The number of hydrogen-bond acceptors (Lipinski definition) is 4. The molecule has 1 rings (SSSR count). The molecular formula is C14H23NO4. The predicted molar refractivity (Wildman–Crippen MR) is 71.7 cm³/mol. The smallest absolute Gasteiger partial charge is 0.410 e. The lowest BCUT2D eigenvalue weighted by atomic mass is 10.2. The second kappa shape index (κ2) is 6.59. The van der Waals surface area contributed by atoms with E-state index in [4.69, 9.17) is 9.47 Å². The van der Waals surface area contributed by atoms with Crippen LogP contribution < -0.4 is 0 Å². The molecule has 0 bridgehead atoms. The van der Waals surface area contributed by atoms with Gasteiger partial charge >= 0.3 is 12.1 Å². The Morgan fingerprint density at radius 3 is 2.63 bits per heavy atom. The number of amides is 1. The summed E-state index contributed by atoms with van der Waals surface area (Å²) in [4.78, 5) is 24.9. The van der Waals surface area contributed by atoms with Gasteiger partial charge in [-0.1, -0.05) is 6.08 Å². The number of carbonyl (C=O) groups excluding carboxylic acids is 2. The van der Waals surface area contributed by atoms with Gasteiger partial charge in [0.05, 0.1) is 12.6 Å². The van der Waals surface area contributed by atoms with Crippen LogP contribution in [0, 0.1) is 0 Å². The minimum atomic E-state index is -0.505. The van der Waals surface area contributed by atoms with Crippen molar-refractivity contribution in [2.24, 2.45) is 0 Å². The van der Waals surface area contributed by atoms with Gasteiger partial charge in [0.25, 0.3) is 0 Å². The van der Waals surface area contributed by atoms with Crippen LogP contribution in [0.4, 0.5) is 4.79 Å². The van der Waals surface area contributed by atoms with E-state index in [1.54, 1.807) is 17.9 Å². The van der Waals surface area contributed by atoms with Crippen molar-refractivity contribution in [2.45, 2.75) is 52.2 Å². The summed E-state index contributed by atoms with van der Waals surface area (Å²) in [6.07, 6.45) is 4.53. The molecule has 1 fully saturated rings. The first-order valence-corrected chi connectivity index (χ1v) is 6.68. The van der Waals surface area contributed by atoms with E-state index in [0.29, 0.717) is 13.2 Å². The maximum absolute atomic E-state index is 12.0. The fraction of sp³-hybridized carbons (Fsp3) is 0.714. The lowest BCUT2D eigenvalue weighted by molar-refractivity contribution is -0.137. The second-order valence-corrected chi connectivity index (χ2v) is 5.49. The number of hydrogen-bond donors (Lipinski definition) is 0. The summed E-state index contributed by atoms with van der Waals surface area (Å²) in [5.74, 6) is -0.376. The Labute approximate surface area is 114 Å². The Hall–Kier alpha value is -1.52. The van der Waals surface area contributed by atoms with Gasteiger partial charge in [-0.25, -0.2) is 9.59 Å². The second-order valence-electron chi connectivity index (χ2n) is 5.49. The van der Waals surface area contributed by atoms with Crippen LogP contribution in [-0.2, 0) is 14.3 Å². The highest BCUT2D eigenvalue weighted by Crippen LogP contribution is 2.21. The third kappa shape index (κ3) is 5.32. The molecule has 0 aromatic rings. The standard InChI is InChI=1S/C14H23NO4/c1-5-18-12(16)9-8-11-7-6-10-15(11)13(17)19-14(2,3)4/h8-9,11H,5-7,10H2,1-4H3/b9-8+. The van der Waals surface area contributed by atoms with Crippen molar-refractivity contribution in [3.8, 4) is 0 Å². The Balaban J connectivity index is 2.59. The van der Waals surface area contributed by atoms with E-state index in [9.17, 15) is 9.59 Å². The average molecular weight is 269 g/mol. The summed E-state index contributed by atoms with van der Waals surface area (Å²) in [6.45, 7) is 8.28. The Bertz CT molecular complexity index is 357. The molecule has 0 aliphatic carbocycles. The summed E-state index contributed by atoms with van der Waals surface area (Å²) in [5, 5.41) is 0. The molecule has 0 aromatic carbocycles. The lowest BCUT2D eigenvalue weighted by Gasteiger charge is -2.27. The molecule has 1 aliphatic heterocycles. The maximum atomic E-state index is 12.0. The monoisotopic (exact) mass is 269 g/mol. The zero-order valence-electron chi connectivity index (χ0n) is 12.1. The van der Waals surface area contributed by atoms with Crippen molar-refractivity contribution >= 4 is 12.1 Å². The van der Waals surface area contributed by atoms with E-state index in [-0.39, 0.29) is 18.1 Å². The maximum Gasteiger partial charge on any atom is 0.410 e. The van der Waals surface area contributed by atoms with Gasteiger partial charge in [0, 0.05) is 12.6 Å². The molecule has 5 nitrogen and oxygen atoms in total. The molecule has 0 N–H and O–H groups in total. The van der Waals surface area contributed by atoms with E-state index >= 15 is 0 Å². The van der Waals surface area contributed by atoms with Gasteiger partial charge in [0.15, 0.2) is 0 Å². The zero-order chi connectivity index (χ0) is 14.5. The van der Waals surface area contributed by atoms with Gasteiger partial charge < -0.3 is 14.4 Å². The van der Waals surface area contributed by atoms with E-state index in [0.717, 1.165) is 12.8 Å². The van der Waals surface area contributed by atoms with Crippen molar-refractivity contribution in [3.05, 3.63) is 12.2 Å². The quantitative estimate of drug-likeness (QED) is 0.583. The van der Waals surface area contributed by atoms with Gasteiger partial charge in [-0.05, 0) is 40.5 Å². The van der Waals surface area contributed by atoms with Crippen LogP contribution in [0.1, 0.15) is 40.5 Å². The van der Waals surface area contributed by atoms with Crippen molar-refractivity contribution in [3.63, 3.8) is 0 Å². The summed E-state index contributed by atoms with van der Waals surface area (Å²) in [7, 11) is 0. The first-order chi connectivity index (χ1) is 8.83. The summed E-state index contributed by atoms with van der Waals surface area (Å²) in [6, 6.07) is -0.0840. The first kappa shape index (κ1) is 15.5. The van der Waals surface area contributed by atoms with Crippen LogP contribution >= 0.6 is 0 Å². The number of esters is 1. The summed E-state index contributed by atoms with van der Waals surface area (Å²) in [5.41, 5.74) is -0.505. The Morgan fingerprint density at radius 2 is 2.05 bits per heavy atom. The van der Waals surface area contributed by atoms with Crippen LogP contribution in [0.3, 0.4) is 0 Å². The fourth-order valence-electron chi connectivity index (χ4n) is 1.92. The number of rotatable bonds is 3. The van der Waals surface area contributed by atoms with Crippen LogP contribution in [0.15, 0.2) is 12.2 Å². The molecule has 0 radical (unpaired) electrons. The fourth-order valence-corrected chi connectivity index (χ4v) is 1.92. The molecule has 1 atom stereocenters. The molecular weight excluding hydrogens is 246 g/mol. The van der Waals surface area contributed by atoms with Crippen molar-refractivity contribution in [1.82, 2.24) is 4.90 Å². The van der Waals surface area contributed by atoms with Crippen LogP contribution in [0.5, 0.6) is 0 Å². The number of ether oxygens (including phenoxy) is 2. The molecule has 0 spiro atoms. The van der Waals surface area contributed by atoms with Crippen LogP contribution in [-0.4, -0.2) is 41.8 Å². The number of likely N-dealkylation sites (tertiary alicyclic amines) is 1. The average Bonchev–Trinajstić information content (AvgIpc) is 2.72. The van der Waals surface area contributed by atoms with Crippen LogP contribution in [0.2, 0.25) is 0 Å². The summed E-state index contributed by atoms with van der Waals surface area (Å²) >= 11 is 0. The number of nitrogens with zero attached hydrogens (tertiary/aromatic N) is 1. The Morgan fingerprint density at radius 1 is 1.37 bits per heavy atom. The van der Waals surface area contributed by atoms with Crippen LogP contribution in [0.25, 0.3) is 0 Å². The third-order valence-corrected chi connectivity index (χ3v) is 2.67. The first-order valence-electron chi connectivity index (χ1n) is 6.68. The highest BCUT2D eigenvalue weighted by atomic mass is 16.6. The van der Waals surface area contributed by atoms with Crippen molar-refractivity contribution in [2.75, 3.05) is 13.2 Å². The SMILES string of the molecule is CCOC(=O)/C=C/C1CCCN1C(=O)OC(C)(C)C. The lowest BCUT2D eigenvalue weighted by Crippen LogP contribution is -2.39. The zero-order valence-corrected chi connectivity index (χ0v) is 12.1. The molecule has 1 amide bonds. The van der Waals surface area contributed by atoms with Crippen molar-refractivity contribution < 1.29 is 19.1 Å². The normalized spacial score (nSPS) is 19.8. The van der Waals surface area contributed by atoms with Gasteiger partial charge in [0.2, 0.25) is 0 Å². The molecule has 0 saturated carbocycles. The molecule has 1 unspecified atom stereocenters. The molecule has 1 aliphatic rings. The predicted octanol–water partition coefficient (Wildman–Crippen LogP) is 2.51. The van der Waals surface area contributed by atoms with E-state index in [1.807, 2.05) is 20.8 Å². The van der Waals surface area contributed by atoms with Gasteiger partial charge in [-0.15, -0.1) is 0 Å². The van der Waals surface area contributed by atoms with Gasteiger partial charge in [0.1, 0.15) is 5.60 Å². The minimum Gasteiger partial charge on any atom is -0.463 e. The molecule has 1 heterocycles. The van der Waals surface area contributed by atoms with E-state index < -0.39 is 5.60 Å². The summed E-state index contributed by atoms with van der Waals surface area (Å²) < 4.78 is 10.2. The largest absolute Gasteiger partial charge is 0.463 e. The molecule has 5 heteroatoms. The number of carbonyl (C=O) groups is 2. The minimum absolute atomic E-state index is 0.0840. The molecule has 19 heavy (non-hydrogen) atoms. The van der Waals surface area contributed by atoms with Gasteiger partial charge in [-0.2, -0.15) is 0 Å². The molecule has 1 saturated heterocycles. The molecule has 0 aromatic heterocycles. The highest BCUT2D eigenvalue weighted by Gasteiger charge is 2.30. The highest BCUT2D eigenvalue weighted by molar-refractivity contribution is 5.82.